The highest BCUT2D eigenvalue weighted by Crippen LogP contribution is 2.07. The minimum absolute atomic E-state index is 0.645. The van der Waals surface area contributed by atoms with Gasteiger partial charge >= 0.3 is 0 Å². The standard InChI is InChI=1S/C8H14N2O/c1-4-6(2)5-8-9-7(3)11-10-8/h6H,4-5H2,1-3H3. The van der Waals surface area contributed by atoms with Crippen LogP contribution in [0, 0.1) is 12.8 Å². The van der Waals surface area contributed by atoms with Crippen LogP contribution in [0.5, 0.6) is 0 Å². The molecule has 1 rings (SSSR count). The number of hydrogen-bond acceptors (Lipinski definition) is 3. The van der Waals surface area contributed by atoms with Crippen LogP contribution < -0.4 is 0 Å². The molecule has 0 aliphatic heterocycles. The fourth-order valence-corrected chi connectivity index (χ4v) is 0.880. The van der Waals surface area contributed by atoms with Crippen LogP contribution in [0.4, 0.5) is 0 Å². The molecule has 11 heavy (non-hydrogen) atoms. The normalized spacial score (nSPS) is 13.4. The Morgan fingerprint density at radius 1 is 1.55 bits per heavy atom. The van der Waals surface area contributed by atoms with Crippen molar-refractivity contribution >= 4 is 0 Å². The Morgan fingerprint density at radius 3 is 2.73 bits per heavy atom. The summed E-state index contributed by atoms with van der Waals surface area (Å²) in [7, 11) is 0. The first-order valence-electron chi connectivity index (χ1n) is 4.01. The molecule has 1 aromatic rings. The Bertz CT molecular complexity index is 220. The second-order valence-corrected chi connectivity index (χ2v) is 2.95. The molecular weight excluding hydrogens is 140 g/mol. The highest BCUT2D eigenvalue weighted by molar-refractivity contribution is 4.85. The van der Waals surface area contributed by atoms with Gasteiger partial charge in [0.25, 0.3) is 0 Å². The van der Waals surface area contributed by atoms with Gasteiger partial charge < -0.3 is 4.52 Å². The van der Waals surface area contributed by atoms with Crippen LogP contribution in [0.1, 0.15) is 32.0 Å². The summed E-state index contributed by atoms with van der Waals surface area (Å²) in [5.41, 5.74) is 0. The Kier molecular flexibility index (Phi) is 2.63. The molecule has 0 bridgehead atoms. The van der Waals surface area contributed by atoms with Crippen LogP contribution in [0.15, 0.2) is 4.52 Å². The summed E-state index contributed by atoms with van der Waals surface area (Å²) in [5, 5.41) is 3.82. The molecule has 0 saturated heterocycles. The molecule has 0 aliphatic rings. The maximum Gasteiger partial charge on any atom is 0.223 e. The Balaban J connectivity index is 2.50. The van der Waals surface area contributed by atoms with Crippen molar-refractivity contribution in [3.63, 3.8) is 0 Å². The van der Waals surface area contributed by atoms with Crippen molar-refractivity contribution in [2.75, 3.05) is 0 Å². The van der Waals surface area contributed by atoms with Crippen molar-refractivity contribution in [3.05, 3.63) is 11.7 Å². The van der Waals surface area contributed by atoms with E-state index in [4.69, 9.17) is 4.52 Å². The molecule has 0 amide bonds. The minimum atomic E-state index is 0.645. The summed E-state index contributed by atoms with van der Waals surface area (Å²) >= 11 is 0. The first-order valence-corrected chi connectivity index (χ1v) is 4.01. The molecule has 3 heteroatoms. The molecule has 0 fully saturated rings. The summed E-state index contributed by atoms with van der Waals surface area (Å²) in [6.07, 6.45) is 2.08. The van der Waals surface area contributed by atoms with Gasteiger partial charge in [0.15, 0.2) is 5.82 Å². The molecule has 0 N–H and O–H groups in total. The van der Waals surface area contributed by atoms with E-state index in [1.165, 1.54) is 0 Å². The zero-order valence-electron chi connectivity index (χ0n) is 7.29. The summed E-state index contributed by atoms with van der Waals surface area (Å²) in [4.78, 5) is 4.12. The van der Waals surface area contributed by atoms with E-state index < -0.39 is 0 Å². The zero-order valence-corrected chi connectivity index (χ0v) is 7.29. The van der Waals surface area contributed by atoms with Gasteiger partial charge in [0.05, 0.1) is 0 Å². The van der Waals surface area contributed by atoms with Gasteiger partial charge in [-0.1, -0.05) is 25.4 Å². The first kappa shape index (κ1) is 8.24. The molecule has 1 atom stereocenters. The fourth-order valence-electron chi connectivity index (χ4n) is 0.880. The van der Waals surface area contributed by atoms with Gasteiger partial charge in [-0.15, -0.1) is 0 Å². The zero-order chi connectivity index (χ0) is 8.27. The molecule has 62 valence electrons. The second-order valence-electron chi connectivity index (χ2n) is 2.95. The van der Waals surface area contributed by atoms with Crippen LogP contribution in [0.2, 0.25) is 0 Å². The predicted octanol–water partition coefficient (Wildman–Crippen LogP) is 1.97. The van der Waals surface area contributed by atoms with Crippen molar-refractivity contribution in [1.82, 2.24) is 10.1 Å². The average Bonchev–Trinajstić information content (AvgIpc) is 2.35. The summed E-state index contributed by atoms with van der Waals surface area (Å²) in [6, 6.07) is 0. The molecule has 0 aliphatic carbocycles. The number of aryl methyl sites for hydroxylation is 1. The molecule has 0 spiro atoms. The SMILES string of the molecule is CCC(C)Cc1noc(C)n1. The van der Waals surface area contributed by atoms with Crippen LogP contribution in [-0.2, 0) is 6.42 Å². The number of hydrogen-bond donors (Lipinski definition) is 0. The Morgan fingerprint density at radius 2 is 2.27 bits per heavy atom. The lowest BCUT2D eigenvalue weighted by molar-refractivity contribution is 0.383. The summed E-state index contributed by atoms with van der Waals surface area (Å²) in [6.45, 7) is 6.16. The third-order valence-corrected chi connectivity index (χ3v) is 1.80. The van der Waals surface area contributed by atoms with Crippen LogP contribution in [0.25, 0.3) is 0 Å². The van der Waals surface area contributed by atoms with Crippen molar-refractivity contribution in [2.24, 2.45) is 5.92 Å². The Labute approximate surface area is 66.8 Å². The lowest BCUT2D eigenvalue weighted by atomic mass is 10.1. The van der Waals surface area contributed by atoms with Crippen molar-refractivity contribution in [3.8, 4) is 0 Å². The molecule has 1 unspecified atom stereocenters. The van der Waals surface area contributed by atoms with E-state index in [0.717, 1.165) is 18.7 Å². The van der Waals surface area contributed by atoms with E-state index >= 15 is 0 Å². The molecule has 1 heterocycles. The fraction of sp³-hybridized carbons (Fsp3) is 0.750. The second kappa shape index (κ2) is 3.51. The van der Waals surface area contributed by atoms with Crippen LogP contribution in [-0.4, -0.2) is 10.1 Å². The van der Waals surface area contributed by atoms with Crippen molar-refractivity contribution in [2.45, 2.75) is 33.6 Å². The lowest BCUT2D eigenvalue weighted by Gasteiger charge is -2.01. The van der Waals surface area contributed by atoms with Crippen molar-refractivity contribution < 1.29 is 4.52 Å². The van der Waals surface area contributed by atoms with E-state index in [1.807, 2.05) is 6.92 Å². The number of nitrogens with zero attached hydrogens (tertiary/aromatic N) is 2. The molecule has 3 nitrogen and oxygen atoms in total. The predicted molar refractivity (Wildman–Crippen MR) is 42.2 cm³/mol. The topological polar surface area (TPSA) is 38.9 Å². The van der Waals surface area contributed by atoms with E-state index in [0.29, 0.717) is 11.8 Å². The van der Waals surface area contributed by atoms with E-state index in [-0.39, 0.29) is 0 Å². The highest BCUT2D eigenvalue weighted by atomic mass is 16.5. The molecular formula is C8H14N2O. The average molecular weight is 154 g/mol. The van der Waals surface area contributed by atoms with Crippen molar-refractivity contribution in [1.29, 1.82) is 0 Å². The first-order chi connectivity index (χ1) is 5.22. The Hall–Kier alpha value is -0.860. The van der Waals surface area contributed by atoms with E-state index in [9.17, 15) is 0 Å². The summed E-state index contributed by atoms with van der Waals surface area (Å²) < 4.78 is 4.85. The lowest BCUT2D eigenvalue weighted by Crippen LogP contribution is -1.99. The van der Waals surface area contributed by atoms with Gasteiger partial charge in [0.1, 0.15) is 0 Å². The largest absolute Gasteiger partial charge is 0.340 e. The molecule has 0 aromatic carbocycles. The van der Waals surface area contributed by atoms with Gasteiger partial charge in [0.2, 0.25) is 5.89 Å². The maximum atomic E-state index is 4.85. The quantitative estimate of drug-likeness (QED) is 0.668. The highest BCUT2D eigenvalue weighted by Gasteiger charge is 2.05. The third-order valence-electron chi connectivity index (χ3n) is 1.80. The monoisotopic (exact) mass is 154 g/mol. The summed E-state index contributed by atoms with van der Waals surface area (Å²) in [5.74, 6) is 2.13. The third kappa shape index (κ3) is 2.33. The van der Waals surface area contributed by atoms with Gasteiger partial charge in [0, 0.05) is 13.3 Å². The van der Waals surface area contributed by atoms with E-state index in [1.54, 1.807) is 0 Å². The maximum absolute atomic E-state index is 4.85. The van der Waals surface area contributed by atoms with Gasteiger partial charge in [-0.05, 0) is 5.92 Å². The minimum Gasteiger partial charge on any atom is -0.340 e. The van der Waals surface area contributed by atoms with E-state index in [2.05, 4.69) is 24.0 Å². The van der Waals surface area contributed by atoms with Crippen LogP contribution in [0.3, 0.4) is 0 Å². The van der Waals surface area contributed by atoms with Crippen LogP contribution >= 0.6 is 0 Å². The molecule has 1 aromatic heterocycles. The number of aromatic nitrogens is 2. The molecule has 0 radical (unpaired) electrons. The smallest absolute Gasteiger partial charge is 0.223 e. The van der Waals surface area contributed by atoms with Gasteiger partial charge in [-0.3, -0.25) is 0 Å². The molecule has 0 saturated carbocycles. The van der Waals surface area contributed by atoms with Gasteiger partial charge in [-0.2, -0.15) is 4.98 Å². The van der Waals surface area contributed by atoms with Gasteiger partial charge in [-0.25, -0.2) is 0 Å². The number of rotatable bonds is 3.